The predicted octanol–water partition coefficient (Wildman–Crippen LogP) is 4.12. The van der Waals surface area contributed by atoms with Crippen LogP contribution in [0.15, 0.2) is 30.3 Å². The number of hydrogen-bond donors (Lipinski definition) is 1. The number of hydrogen-bond acceptors (Lipinski definition) is 4. The van der Waals surface area contributed by atoms with E-state index in [4.69, 9.17) is 23.2 Å². The fraction of sp³-hybridized carbons (Fsp3) is 0.389. The topological polar surface area (TPSA) is 35.6 Å². The standard InChI is InChI=1S/C18H21Cl2N3OS/c1-13-2-4-16(15(19)10-13)21-18(24)12-23-8-6-22(7-9-23)11-14-3-5-17(20)25-14/h2-5,10H,6-9,11-12H2,1H3,(H,21,24). The average Bonchev–Trinajstić information content (AvgIpc) is 2.97. The molecule has 2 heterocycles. The minimum Gasteiger partial charge on any atom is -0.324 e. The maximum atomic E-state index is 12.3. The van der Waals surface area contributed by atoms with Crippen molar-refractivity contribution in [2.75, 3.05) is 38.0 Å². The van der Waals surface area contributed by atoms with Crippen molar-refractivity contribution in [3.8, 4) is 0 Å². The highest BCUT2D eigenvalue weighted by Gasteiger charge is 2.19. The van der Waals surface area contributed by atoms with Crippen LogP contribution in [0.5, 0.6) is 0 Å². The minimum atomic E-state index is -0.0239. The molecule has 0 bridgehead atoms. The summed E-state index contributed by atoms with van der Waals surface area (Å²) in [7, 11) is 0. The van der Waals surface area contributed by atoms with Crippen LogP contribution in [0.1, 0.15) is 10.4 Å². The Bertz CT molecular complexity index is 742. The Morgan fingerprint density at radius 2 is 1.84 bits per heavy atom. The lowest BCUT2D eigenvalue weighted by Crippen LogP contribution is -2.48. The van der Waals surface area contributed by atoms with Crippen molar-refractivity contribution in [1.29, 1.82) is 0 Å². The Hall–Kier alpha value is -1.11. The molecule has 25 heavy (non-hydrogen) atoms. The molecule has 3 rings (SSSR count). The van der Waals surface area contributed by atoms with Crippen LogP contribution in [0.4, 0.5) is 5.69 Å². The van der Waals surface area contributed by atoms with E-state index in [9.17, 15) is 4.79 Å². The van der Waals surface area contributed by atoms with Gasteiger partial charge in [-0.2, -0.15) is 0 Å². The van der Waals surface area contributed by atoms with Gasteiger partial charge in [-0.05, 0) is 36.8 Å². The second-order valence-electron chi connectivity index (χ2n) is 6.29. The molecule has 1 aliphatic heterocycles. The van der Waals surface area contributed by atoms with E-state index in [1.165, 1.54) is 4.88 Å². The van der Waals surface area contributed by atoms with Gasteiger partial charge in [0, 0.05) is 37.6 Å². The summed E-state index contributed by atoms with van der Waals surface area (Å²) in [5.41, 5.74) is 1.75. The van der Waals surface area contributed by atoms with Crippen molar-refractivity contribution in [1.82, 2.24) is 9.80 Å². The van der Waals surface area contributed by atoms with Crippen molar-refractivity contribution in [3.05, 3.63) is 50.1 Å². The van der Waals surface area contributed by atoms with Crippen molar-refractivity contribution in [2.24, 2.45) is 0 Å². The predicted molar refractivity (Wildman–Crippen MR) is 106 cm³/mol. The van der Waals surface area contributed by atoms with Gasteiger partial charge in [-0.1, -0.05) is 29.3 Å². The summed E-state index contributed by atoms with van der Waals surface area (Å²) in [5.74, 6) is -0.0239. The van der Waals surface area contributed by atoms with Gasteiger partial charge in [-0.25, -0.2) is 0 Å². The van der Waals surface area contributed by atoms with Crippen molar-refractivity contribution in [2.45, 2.75) is 13.5 Å². The Morgan fingerprint density at radius 3 is 2.48 bits per heavy atom. The zero-order chi connectivity index (χ0) is 17.8. The van der Waals surface area contributed by atoms with Crippen molar-refractivity contribution in [3.63, 3.8) is 0 Å². The first kappa shape index (κ1) is 18.7. The molecule has 1 fully saturated rings. The number of amides is 1. The molecule has 1 aromatic heterocycles. The maximum Gasteiger partial charge on any atom is 0.238 e. The van der Waals surface area contributed by atoms with E-state index in [-0.39, 0.29) is 5.91 Å². The number of rotatable bonds is 5. The third kappa shape index (κ3) is 5.43. The summed E-state index contributed by atoms with van der Waals surface area (Å²) in [6, 6.07) is 9.67. The van der Waals surface area contributed by atoms with E-state index >= 15 is 0 Å². The number of carbonyl (C=O) groups is 1. The zero-order valence-corrected chi connectivity index (χ0v) is 16.4. The molecule has 1 aromatic carbocycles. The SMILES string of the molecule is Cc1ccc(NC(=O)CN2CCN(Cc3ccc(Cl)s3)CC2)c(Cl)c1. The lowest BCUT2D eigenvalue weighted by molar-refractivity contribution is -0.117. The lowest BCUT2D eigenvalue weighted by Gasteiger charge is -2.34. The van der Waals surface area contributed by atoms with Gasteiger partial charge < -0.3 is 5.32 Å². The molecule has 0 radical (unpaired) electrons. The molecular weight excluding hydrogens is 377 g/mol. The number of carbonyl (C=O) groups excluding carboxylic acids is 1. The van der Waals surface area contributed by atoms with Crippen LogP contribution in [0.25, 0.3) is 0 Å². The summed E-state index contributed by atoms with van der Waals surface area (Å²) >= 11 is 13.8. The van der Waals surface area contributed by atoms with Gasteiger partial charge in [-0.15, -0.1) is 11.3 Å². The number of benzene rings is 1. The van der Waals surface area contributed by atoms with E-state index < -0.39 is 0 Å². The second kappa shape index (κ2) is 8.52. The van der Waals surface area contributed by atoms with Crippen LogP contribution in [0.2, 0.25) is 9.36 Å². The smallest absolute Gasteiger partial charge is 0.238 e. The molecule has 1 N–H and O–H groups in total. The summed E-state index contributed by atoms with van der Waals surface area (Å²) in [6.45, 7) is 6.96. The highest BCUT2D eigenvalue weighted by atomic mass is 35.5. The summed E-state index contributed by atoms with van der Waals surface area (Å²) in [6.07, 6.45) is 0. The molecule has 1 amide bonds. The molecule has 7 heteroatoms. The summed E-state index contributed by atoms with van der Waals surface area (Å²) in [4.78, 5) is 18.1. The van der Waals surface area contributed by atoms with Crippen LogP contribution >= 0.6 is 34.5 Å². The monoisotopic (exact) mass is 397 g/mol. The fourth-order valence-electron chi connectivity index (χ4n) is 2.88. The molecule has 0 aliphatic carbocycles. The van der Waals surface area contributed by atoms with Gasteiger partial charge >= 0.3 is 0 Å². The minimum absolute atomic E-state index is 0.0239. The van der Waals surface area contributed by atoms with Crippen LogP contribution in [0.3, 0.4) is 0 Å². The first-order valence-corrected chi connectivity index (χ1v) is 9.82. The fourth-order valence-corrected chi connectivity index (χ4v) is 4.29. The molecule has 2 aromatic rings. The number of thiophene rings is 1. The van der Waals surface area contributed by atoms with Gasteiger partial charge in [0.05, 0.1) is 21.6 Å². The van der Waals surface area contributed by atoms with E-state index in [1.54, 1.807) is 11.3 Å². The number of piperazine rings is 1. The van der Waals surface area contributed by atoms with Crippen molar-refractivity contribution >= 4 is 46.1 Å². The zero-order valence-electron chi connectivity index (χ0n) is 14.1. The van der Waals surface area contributed by atoms with Gasteiger partial charge in [0.1, 0.15) is 0 Å². The van der Waals surface area contributed by atoms with E-state index in [0.717, 1.165) is 42.6 Å². The van der Waals surface area contributed by atoms with Gasteiger partial charge in [0.15, 0.2) is 0 Å². The van der Waals surface area contributed by atoms with Gasteiger partial charge in [0.25, 0.3) is 0 Å². The number of halogens is 2. The number of anilines is 1. The molecule has 1 saturated heterocycles. The van der Waals surface area contributed by atoms with Crippen LogP contribution in [-0.2, 0) is 11.3 Å². The third-order valence-corrected chi connectivity index (χ3v) is 5.77. The molecule has 0 spiro atoms. The van der Waals surface area contributed by atoms with Crippen molar-refractivity contribution < 1.29 is 4.79 Å². The van der Waals surface area contributed by atoms with E-state index in [2.05, 4.69) is 21.2 Å². The molecule has 1 aliphatic rings. The second-order valence-corrected chi connectivity index (χ2v) is 8.50. The average molecular weight is 398 g/mol. The maximum absolute atomic E-state index is 12.3. The Balaban J connectivity index is 1.44. The molecule has 0 unspecified atom stereocenters. The number of nitrogens with one attached hydrogen (secondary N) is 1. The first-order valence-electron chi connectivity index (χ1n) is 8.24. The summed E-state index contributed by atoms with van der Waals surface area (Å²) < 4.78 is 0.833. The molecule has 4 nitrogen and oxygen atoms in total. The van der Waals surface area contributed by atoms with Crippen LogP contribution in [0, 0.1) is 6.92 Å². The molecule has 134 valence electrons. The molecule has 0 atom stereocenters. The Labute approximate surface area is 162 Å². The first-order chi connectivity index (χ1) is 12.0. The van der Waals surface area contributed by atoms with E-state index in [0.29, 0.717) is 17.3 Å². The number of aryl methyl sites for hydroxylation is 1. The molecular formula is C18H21Cl2N3OS. The third-order valence-electron chi connectivity index (χ3n) is 4.24. The van der Waals surface area contributed by atoms with Crippen LogP contribution in [-0.4, -0.2) is 48.4 Å². The molecule has 0 saturated carbocycles. The summed E-state index contributed by atoms with van der Waals surface area (Å²) in [5, 5.41) is 3.48. The van der Waals surface area contributed by atoms with E-state index in [1.807, 2.05) is 31.2 Å². The normalized spacial score (nSPS) is 16.1. The quantitative estimate of drug-likeness (QED) is 0.823. The number of nitrogens with zero attached hydrogens (tertiary/aromatic N) is 2. The Kier molecular flexibility index (Phi) is 6.36. The largest absolute Gasteiger partial charge is 0.324 e. The Morgan fingerprint density at radius 1 is 1.12 bits per heavy atom. The van der Waals surface area contributed by atoms with Gasteiger partial charge in [0.2, 0.25) is 5.91 Å². The highest BCUT2D eigenvalue weighted by Crippen LogP contribution is 2.24. The highest BCUT2D eigenvalue weighted by molar-refractivity contribution is 7.16. The lowest BCUT2D eigenvalue weighted by atomic mass is 10.2. The van der Waals surface area contributed by atoms with Gasteiger partial charge in [-0.3, -0.25) is 14.6 Å². The van der Waals surface area contributed by atoms with Crippen LogP contribution < -0.4 is 5.32 Å².